The average Bonchev–Trinajstić information content (AvgIpc) is 3.29. The number of amides is 2. The minimum absolute atomic E-state index is 0.0506. The number of imidazole rings is 1. The van der Waals surface area contributed by atoms with Gasteiger partial charge >= 0.3 is 6.09 Å². The Labute approximate surface area is 245 Å². The number of nitrogens with zero attached hydrogens (tertiary/aromatic N) is 6. The van der Waals surface area contributed by atoms with Crippen LogP contribution in [0.4, 0.5) is 16.6 Å². The number of aliphatic hydroxyl groups is 1. The fraction of sp³-hybridized carbons (Fsp3) is 0.655. The van der Waals surface area contributed by atoms with Gasteiger partial charge in [0.1, 0.15) is 12.1 Å². The predicted molar refractivity (Wildman–Crippen MR) is 158 cm³/mol. The molecule has 1 saturated heterocycles. The lowest BCUT2D eigenvalue weighted by atomic mass is 9.80. The summed E-state index contributed by atoms with van der Waals surface area (Å²) in [5.41, 5.74) is 1.11. The van der Waals surface area contributed by atoms with Crippen LogP contribution in [-0.2, 0) is 11.3 Å². The van der Waals surface area contributed by atoms with E-state index in [9.17, 15) is 19.8 Å². The molecule has 1 aliphatic heterocycles. The van der Waals surface area contributed by atoms with Gasteiger partial charge in [0.2, 0.25) is 11.9 Å². The van der Waals surface area contributed by atoms with E-state index in [2.05, 4.69) is 42.9 Å². The van der Waals surface area contributed by atoms with Gasteiger partial charge < -0.3 is 29.9 Å². The lowest BCUT2D eigenvalue weighted by molar-refractivity contribution is -0.134. The van der Waals surface area contributed by atoms with Crippen LogP contribution >= 0.6 is 0 Å². The van der Waals surface area contributed by atoms with Crippen molar-refractivity contribution >= 4 is 40.8 Å². The highest BCUT2D eigenvalue weighted by molar-refractivity contribution is 6.03. The van der Waals surface area contributed by atoms with Crippen molar-refractivity contribution in [1.82, 2.24) is 29.7 Å². The molecule has 2 aromatic rings. The van der Waals surface area contributed by atoms with Crippen LogP contribution in [0.25, 0.3) is 11.2 Å². The van der Waals surface area contributed by atoms with Gasteiger partial charge in [-0.1, -0.05) is 6.42 Å². The molecule has 2 saturated carbocycles. The number of terminal acetylenes is 1. The molecule has 0 radical (unpaired) electrons. The fourth-order valence-corrected chi connectivity index (χ4v) is 6.42. The molecule has 0 aromatic carbocycles. The first-order valence-electron chi connectivity index (χ1n) is 14.9. The molecule has 2 aromatic heterocycles. The zero-order chi connectivity index (χ0) is 30.0. The second-order valence-electron chi connectivity index (χ2n) is 11.9. The van der Waals surface area contributed by atoms with Crippen molar-refractivity contribution in [2.45, 2.75) is 77.4 Å². The molecule has 0 unspecified atom stereocenters. The highest BCUT2D eigenvalue weighted by atomic mass is 16.4. The van der Waals surface area contributed by atoms with E-state index in [1.54, 1.807) is 4.90 Å². The zero-order valence-electron chi connectivity index (χ0n) is 24.3. The van der Waals surface area contributed by atoms with Gasteiger partial charge in [0.15, 0.2) is 23.1 Å². The summed E-state index contributed by atoms with van der Waals surface area (Å²) in [6.07, 6.45) is 11.7. The van der Waals surface area contributed by atoms with E-state index < -0.39 is 18.5 Å². The van der Waals surface area contributed by atoms with Gasteiger partial charge in [0, 0.05) is 44.2 Å². The molecule has 5 N–H and O–H groups in total. The molecule has 226 valence electrons. The van der Waals surface area contributed by atoms with E-state index in [1.807, 2.05) is 6.92 Å². The first-order chi connectivity index (χ1) is 20.2. The Bertz CT molecular complexity index is 1370. The van der Waals surface area contributed by atoms with Crippen LogP contribution in [0.5, 0.6) is 0 Å². The van der Waals surface area contributed by atoms with Crippen LogP contribution in [0.1, 0.15) is 64.6 Å². The molecule has 5 rings (SSSR count). The van der Waals surface area contributed by atoms with Gasteiger partial charge in [-0.25, -0.2) is 14.8 Å². The standard InChI is InChI=1S/C29H41N9O4/c1-4-19-8-10-20(11-9-19)15-38-23-25(31-18(3)21-6-5-7-21)33-27(24(30)32-29(41)42)34-26(23)35-28(38)37-13-12-36(14-17(37)2)22(40)16-39/h1,17-21,39H,5-16H2,2-3H3,(H2,30,32)(H,41,42)(H,31,33,34)/t17-,18-,19?,20?/m1/s1. The van der Waals surface area contributed by atoms with Crippen LogP contribution in [0.3, 0.4) is 0 Å². The predicted octanol–water partition coefficient (Wildman–Crippen LogP) is 2.49. The number of hydrogen-bond donors (Lipinski definition) is 5. The van der Waals surface area contributed by atoms with Crippen molar-refractivity contribution in [2.24, 2.45) is 17.8 Å². The highest BCUT2D eigenvalue weighted by Gasteiger charge is 2.33. The second kappa shape index (κ2) is 12.5. The lowest BCUT2D eigenvalue weighted by Crippen LogP contribution is -2.55. The third kappa shape index (κ3) is 6.13. The zero-order valence-corrected chi connectivity index (χ0v) is 24.3. The minimum Gasteiger partial charge on any atom is -0.465 e. The Balaban J connectivity index is 1.58. The Morgan fingerprint density at radius 2 is 1.88 bits per heavy atom. The van der Waals surface area contributed by atoms with Crippen LogP contribution < -0.4 is 15.5 Å². The van der Waals surface area contributed by atoms with Crippen molar-refractivity contribution in [3.63, 3.8) is 0 Å². The Morgan fingerprint density at radius 3 is 2.48 bits per heavy atom. The topological polar surface area (TPSA) is 173 Å². The Hall–Kier alpha value is -3.92. The number of carboxylic acid groups (broad SMARTS) is 1. The van der Waals surface area contributed by atoms with Crippen molar-refractivity contribution < 1.29 is 19.8 Å². The van der Waals surface area contributed by atoms with Crippen LogP contribution in [-0.4, -0.2) is 90.8 Å². The van der Waals surface area contributed by atoms with Gasteiger partial charge in [-0.3, -0.25) is 15.5 Å². The van der Waals surface area contributed by atoms with E-state index in [0.717, 1.165) is 44.0 Å². The summed E-state index contributed by atoms with van der Waals surface area (Å²) in [5.74, 6) is 4.56. The molecule has 0 bridgehead atoms. The molecule has 42 heavy (non-hydrogen) atoms. The Morgan fingerprint density at radius 1 is 1.14 bits per heavy atom. The van der Waals surface area contributed by atoms with Gasteiger partial charge in [-0.15, -0.1) is 12.3 Å². The van der Waals surface area contributed by atoms with Crippen molar-refractivity contribution in [2.75, 3.05) is 36.5 Å². The van der Waals surface area contributed by atoms with E-state index >= 15 is 0 Å². The number of aromatic nitrogens is 4. The number of carbonyl (C=O) groups excluding carboxylic acids is 1. The number of carbonyl (C=O) groups is 2. The van der Waals surface area contributed by atoms with Crippen LogP contribution in [0.2, 0.25) is 0 Å². The van der Waals surface area contributed by atoms with Crippen molar-refractivity contribution in [3.05, 3.63) is 5.82 Å². The summed E-state index contributed by atoms with van der Waals surface area (Å²) in [6, 6.07) is 0.0443. The molecule has 0 spiro atoms. The number of fused-ring (bicyclic) bond motifs is 1. The average molecular weight is 580 g/mol. The fourth-order valence-electron chi connectivity index (χ4n) is 6.42. The molecular formula is C29H41N9O4. The highest BCUT2D eigenvalue weighted by Crippen LogP contribution is 2.36. The lowest BCUT2D eigenvalue weighted by Gasteiger charge is -2.40. The van der Waals surface area contributed by atoms with Gasteiger partial charge in [0.05, 0.1) is 0 Å². The number of anilines is 2. The third-order valence-electron chi connectivity index (χ3n) is 9.16. The van der Waals surface area contributed by atoms with Crippen LogP contribution in [0.15, 0.2) is 0 Å². The number of nitrogens with one attached hydrogen (secondary N) is 3. The summed E-state index contributed by atoms with van der Waals surface area (Å²) in [6.45, 7) is 5.75. The number of rotatable bonds is 8. The molecule has 2 atom stereocenters. The number of aliphatic hydroxyl groups excluding tert-OH is 1. The summed E-state index contributed by atoms with van der Waals surface area (Å²) < 4.78 is 2.17. The molecule has 3 fully saturated rings. The van der Waals surface area contributed by atoms with Gasteiger partial charge in [0.25, 0.3) is 0 Å². The van der Waals surface area contributed by atoms with Gasteiger partial charge in [-0.2, -0.15) is 4.98 Å². The van der Waals surface area contributed by atoms with Crippen molar-refractivity contribution in [1.29, 1.82) is 5.41 Å². The van der Waals surface area contributed by atoms with E-state index in [4.69, 9.17) is 16.8 Å². The summed E-state index contributed by atoms with van der Waals surface area (Å²) in [4.78, 5) is 41.6. The maximum absolute atomic E-state index is 12.2. The molecule has 2 aliphatic carbocycles. The molecule has 3 aliphatic rings. The first kappa shape index (κ1) is 29.6. The number of piperazine rings is 1. The third-order valence-corrected chi connectivity index (χ3v) is 9.16. The second-order valence-corrected chi connectivity index (χ2v) is 11.9. The summed E-state index contributed by atoms with van der Waals surface area (Å²) in [7, 11) is 0. The molecule has 3 heterocycles. The van der Waals surface area contributed by atoms with Crippen molar-refractivity contribution in [3.8, 4) is 12.3 Å². The molecule has 2 amide bonds. The largest absolute Gasteiger partial charge is 0.465 e. The number of hydrogen-bond acceptors (Lipinski definition) is 9. The summed E-state index contributed by atoms with van der Waals surface area (Å²) in [5, 5.41) is 32.5. The molecule has 13 nitrogen and oxygen atoms in total. The Kier molecular flexibility index (Phi) is 8.82. The van der Waals surface area contributed by atoms with Crippen LogP contribution in [0, 0.1) is 35.5 Å². The minimum atomic E-state index is -1.36. The first-order valence-corrected chi connectivity index (χ1v) is 14.9. The maximum atomic E-state index is 12.2. The van der Waals surface area contributed by atoms with E-state index in [-0.39, 0.29) is 23.8 Å². The van der Waals surface area contributed by atoms with Gasteiger partial charge in [-0.05, 0) is 64.2 Å². The quantitative estimate of drug-likeness (QED) is 0.179. The molecule has 13 heteroatoms. The normalized spacial score (nSPS) is 23.6. The van der Waals surface area contributed by atoms with E-state index in [1.165, 1.54) is 6.42 Å². The summed E-state index contributed by atoms with van der Waals surface area (Å²) >= 11 is 0. The monoisotopic (exact) mass is 579 g/mol. The maximum Gasteiger partial charge on any atom is 0.410 e. The SMILES string of the molecule is C#CC1CCC(Cn2c(N3CCN(C(=O)CO)C[C@H]3C)nc3nc(C(=N)NC(=O)O)nc(N[C@H](C)C4CCC4)c32)CC1. The smallest absolute Gasteiger partial charge is 0.410 e. The van der Waals surface area contributed by atoms with E-state index in [0.29, 0.717) is 61.3 Å². The molecular weight excluding hydrogens is 538 g/mol. The number of amidine groups is 1.